The van der Waals surface area contributed by atoms with E-state index < -0.39 is 9.84 Å². The average molecular weight is 419 g/mol. The maximum absolute atomic E-state index is 12.8. The first-order valence-electron chi connectivity index (χ1n) is 9.26. The van der Waals surface area contributed by atoms with Crippen molar-refractivity contribution >= 4 is 44.1 Å². The number of amides is 1. The number of nitrogens with zero attached hydrogens (tertiary/aromatic N) is 4. The summed E-state index contributed by atoms with van der Waals surface area (Å²) in [6, 6.07) is 9.82. The molecule has 0 N–H and O–H groups in total. The molecule has 1 fully saturated rings. The lowest BCUT2D eigenvalue weighted by Crippen LogP contribution is -2.41. The largest absolute Gasteiger partial charge is 0.338 e. The Kier molecular flexibility index (Phi) is 5.05. The molecule has 1 aromatic carbocycles. The van der Waals surface area contributed by atoms with Crippen molar-refractivity contribution in [1.82, 2.24) is 19.5 Å². The summed E-state index contributed by atoms with van der Waals surface area (Å²) in [5.41, 5.74) is 2.88. The first kappa shape index (κ1) is 19.2. The zero-order valence-electron chi connectivity index (χ0n) is 15.8. The number of hydrogen-bond donors (Lipinski definition) is 0. The van der Waals surface area contributed by atoms with Gasteiger partial charge < -0.3 is 4.90 Å². The summed E-state index contributed by atoms with van der Waals surface area (Å²) in [4.78, 5) is 14.5. The minimum atomic E-state index is -3.03. The van der Waals surface area contributed by atoms with Crippen molar-refractivity contribution in [3.63, 3.8) is 0 Å². The maximum Gasteiger partial charge on any atom is 0.233 e. The predicted molar refractivity (Wildman–Crippen MR) is 110 cm³/mol. The van der Waals surface area contributed by atoms with E-state index in [0.717, 1.165) is 22.1 Å². The van der Waals surface area contributed by atoms with Crippen molar-refractivity contribution < 1.29 is 13.2 Å². The Morgan fingerprint density at radius 3 is 2.82 bits per heavy atom. The second kappa shape index (κ2) is 7.36. The quantitative estimate of drug-likeness (QED) is 0.591. The predicted octanol–water partition coefficient (Wildman–Crippen LogP) is 2.32. The zero-order valence-corrected chi connectivity index (χ0v) is 17.5. The number of aromatic nitrogens is 3. The van der Waals surface area contributed by atoms with E-state index in [-0.39, 0.29) is 29.2 Å². The van der Waals surface area contributed by atoms with Crippen LogP contribution in [-0.2, 0) is 14.6 Å². The number of benzene rings is 1. The summed E-state index contributed by atoms with van der Waals surface area (Å²) >= 11 is 1.34. The minimum absolute atomic E-state index is 0.0645. The molecule has 7 nitrogen and oxygen atoms in total. The lowest BCUT2D eigenvalue weighted by atomic mass is 10.1. The zero-order chi connectivity index (χ0) is 19.9. The monoisotopic (exact) mass is 418 g/mol. The van der Waals surface area contributed by atoms with Crippen LogP contribution in [-0.4, -0.2) is 63.7 Å². The number of thioether (sulfide) groups is 1. The highest BCUT2D eigenvalue weighted by molar-refractivity contribution is 7.99. The van der Waals surface area contributed by atoms with Crippen LogP contribution in [0.2, 0.25) is 0 Å². The van der Waals surface area contributed by atoms with Gasteiger partial charge in [-0.25, -0.2) is 8.42 Å². The van der Waals surface area contributed by atoms with Crippen LogP contribution in [0.25, 0.3) is 16.6 Å². The molecule has 0 saturated carbocycles. The molecule has 1 saturated heterocycles. The number of rotatable bonds is 5. The summed E-state index contributed by atoms with van der Waals surface area (Å²) in [6.45, 7) is 4.43. The van der Waals surface area contributed by atoms with Crippen molar-refractivity contribution in [3.05, 3.63) is 35.9 Å². The van der Waals surface area contributed by atoms with Gasteiger partial charge in [0.2, 0.25) is 5.91 Å². The molecule has 1 amide bonds. The van der Waals surface area contributed by atoms with E-state index in [9.17, 15) is 13.2 Å². The van der Waals surface area contributed by atoms with Crippen molar-refractivity contribution in [1.29, 1.82) is 0 Å². The number of carbonyl (C=O) groups excluding carboxylic acids is 1. The smallest absolute Gasteiger partial charge is 0.233 e. The third-order valence-corrected chi connectivity index (χ3v) is 7.87. The topological polar surface area (TPSA) is 84.6 Å². The molecule has 0 aliphatic carbocycles. The fraction of sp³-hybridized carbons (Fsp3) is 0.421. The first-order chi connectivity index (χ1) is 13.4. The van der Waals surface area contributed by atoms with E-state index in [1.807, 2.05) is 42.5 Å². The van der Waals surface area contributed by atoms with Crippen LogP contribution in [0, 0.1) is 6.92 Å². The maximum atomic E-state index is 12.8. The fourth-order valence-corrected chi connectivity index (χ4v) is 6.41. The molecule has 0 radical (unpaired) electrons. The van der Waals surface area contributed by atoms with Gasteiger partial charge in [0.15, 0.2) is 20.6 Å². The van der Waals surface area contributed by atoms with Gasteiger partial charge in [-0.2, -0.15) is 0 Å². The number of sulfone groups is 1. The Morgan fingerprint density at radius 1 is 1.32 bits per heavy atom. The van der Waals surface area contributed by atoms with Crippen molar-refractivity contribution in [2.75, 3.05) is 23.8 Å². The van der Waals surface area contributed by atoms with Gasteiger partial charge in [0.25, 0.3) is 0 Å². The van der Waals surface area contributed by atoms with Gasteiger partial charge in [-0.05, 0) is 38.0 Å². The molecular formula is C19H22N4O3S2. The van der Waals surface area contributed by atoms with E-state index in [1.54, 1.807) is 4.90 Å². The molecule has 148 valence electrons. The molecule has 4 rings (SSSR count). The van der Waals surface area contributed by atoms with Crippen LogP contribution in [0.4, 0.5) is 0 Å². The molecule has 0 bridgehead atoms. The number of hydrogen-bond acceptors (Lipinski definition) is 6. The third-order valence-electron chi connectivity index (χ3n) is 5.21. The number of aryl methyl sites for hydroxylation is 1. The molecule has 3 aromatic rings. The summed E-state index contributed by atoms with van der Waals surface area (Å²) in [6.07, 6.45) is 0.518. The molecule has 9 heteroatoms. The van der Waals surface area contributed by atoms with Gasteiger partial charge in [0.05, 0.1) is 22.8 Å². The van der Waals surface area contributed by atoms with Gasteiger partial charge >= 0.3 is 0 Å². The molecule has 28 heavy (non-hydrogen) atoms. The molecule has 1 aliphatic rings. The molecule has 1 unspecified atom stereocenters. The van der Waals surface area contributed by atoms with Crippen LogP contribution in [0.15, 0.2) is 35.5 Å². The van der Waals surface area contributed by atoms with E-state index >= 15 is 0 Å². The van der Waals surface area contributed by atoms with E-state index in [1.165, 1.54) is 11.8 Å². The molecular weight excluding hydrogens is 396 g/mol. The van der Waals surface area contributed by atoms with E-state index in [2.05, 4.69) is 16.3 Å². The molecule has 1 atom stereocenters. The fourth-order valence-electron chi connectivity index (χ4n) is 3.84. The number of carbonyl (C=O) groups is 1. The molecule has 0 spiro atoms. The van der Waals surface area contributed by atoms with Gasteiger partial charge in [0.1, 0.15) is 0 Å². The van der Waals surface area contributed by atoms with Crippen LogP contribution in [0.3, 0.4) is 0 Å². The first-order valence-corrected chi connectivity index (χ1v) is 12.1. The summed E-state index contributed by atoms with van der Waals surface area (Å²) in [7, 11) is -3.03. The lowest BCUT2D eigenvalue weighted by molar-refractivity contribution is -0.129. The standard InChI is InChI=1S/C19H22N4O3S2/c1-3-22(14-8-9-28(25,26)12-14)18(24)11-27-19-21-20-17-10-13(2)15-6-4-5-7-16(15)23(17)19/h4-7,10,14H,3,8-9,11-12H2,1-2H3. The Labute approximate surface area is 168 Å². The third kappa shape index (κ3) is 3.48. The molecule has 3 heterocycles. The molecule has 1 aliphatic heterocycles. The van der Waals surface area contributed by atoms with Gasteiger partial charge in [0, 0.05) is 18.0 Å². The Morgan fingerprint density at radius 2 is 2.11 bits per heavy atom. The minimum Gasteiger partial charge on any atom is -0.338 e. The van der Waals surface area contributed by atoms with Crippen molar-refractivity contribution in [3.8, 4) is 0 Å². The van der Waals surface area contributed by atoms with Crippen LogP contribution >= 0.6 is 11.8 Å². The van der Waals surface area contributed by atoms with E-state index in [0.29, 0.717) is 18.1 Å². The van der Waals surface area contributed by atoms with Gasteiger partial charge in [-0.3, -0.25) is 9.20 Å². The summed E-state index contributed by atoms with van der Waals surface area (Å²) in [5, 5.41) is 10.3. The Hall–Kier alpha value is -2.13. The highest BCUT2D eigenvalue weighted by Gasteiger charge is 2.33. The van der Waals surface area contributed by atoms with Crippen molar-refractivity contribution in [2.45, 2.75) is 31.5 Å². The number of fused-ring (bicyclic) bond motifs is 3. The lowest BCUT2D eigenvalue weighted by Gasteiger charge is -2.26. The number of pyridine rings is 1. The second-order valence-electron chi connectivity index (χ2n) is 7.05. The Balaban J connectivity index is 1.57. The normalized spacial score (nSPS) is 18.7. The Bertz CT molecular complexity index is 1160. The molecule has 2 aromatic heterocycles. The second-order valence-corrected chi connectivity index (χ2v) is 10.2. The van der Waals surface area contributed by atoms with Gasteiger partial charge in [-0.1, -0.05) is 30.0 Å². The van der Waals surface area contributed by atoms with E-state index in [4.69, 9.17) is 0 Å². The summed E-state index contributed by atoms with van der Waals surface area (Å²) in [5.74, 6) is 0.361. The summed E-state index contributed by atoms with van der Waals surface area (Å²) < 4.78 is 25.5. The van der Waals surface area contributed by atoms with Crippen LogP contribution < -0.4 is 0 Å². The number of para-hydroxylation sites is 1. The average Bonchev–Trinajstić information content (AvgIpc) is 3.24. The highest BCUT2D eigenvalue weighted by atomic mass is 32.2. The SMILES string of the molecule is CCN(C(=O)CSc1nnc2cc(C)c3ccccc3n12)C1CCS(=O)(=O)C1. The van der Waals surface area contributed by atoms with Crippen LogP contribution in [0.5, 0.6) is 0 Å². The van der Waals surface area contributed by atoms with Crippen LogP contribution in [0.1, 0.15) is 18.9 Å². The highest BCUT2D eigenvalue weighted by Crippen LogP contribution is 2.26. The van der Waals surface area contributed by atoms with Gasteiger partial charge in [-0.15, -0.1) is 10.2 Å². The van der Waals surface area contributed by atoms with Crippen molar-refractivity contribution in [2.24, 2.45) is 0 Å².